The lowest BCUT2D eigenvalue weighted by Gasteiger charge is -2.14. The van der Waals surface area contributed by atoms with Crippen LogP contribution in [0.5, 0.6) is 11.5 Å². The smallest absolute Gasteiger partial charge is 0.174 e. The van der Waals surface area contributed by atoms with Crippen LogP contribution in [0.2, 0.25) is 0 Å². The van der Waals surface area contributed by atoms with Gasteiger partial charge in [0.25, 0.3) is 0 Å². The molecule has 0 aliphatic carbocycles. The summed E-state index contributed by atoms with van der Waals surface area (Å²) in [6, 6.07) is 17.7. The van der Waals surface area contributed by atoms with E-state index in [-0.39, 0.29) is 12.0 Å². The molecule has 0 saturated carbocycles. The number of benzene rings is 2. The number of nitrogens with zero attached hydrogens (tertiary/aromatic N) is 2. The molecule has 0 saturated heterocycles. The van der Waals surface area contributed by atoms with Gasteiger partial charge in [-0.05, 0) is 17.7 Å². The fourth-order valence-corrected chi connectivity index (χ4v) is 3.20. The summed E-state index contributed by atoms with van der Waals surface area (Å²) in [6.07, 6.45) is 0. The van der Waals surface area contributed by atoms with Gasteiger partial charge in [0.05, 0.1) is 7.11 Å². The Balaban J connectivity index is 1.75. The first-order chi connectivity index (χ1) is 11.3. The third kappa shape index (κ3) is 3.41. The van der Waals surface area contributed by atoms with Crippen LogP contribution in [0.1, 0.15) is 16.5 Å². The highest BCUT2D eigenvalue weighted by Gasteiger charge is 2.23. The molecule has 2 aromatic rings. The molecule has 23 heavy (non-hydrogen) atoms. The zero-order chi connectivity index (χ0) is 16.1. The van der Waals surface area contributed by atoms with Crippen molar-refractivity contribution in [3.8, 4) is 17.6 Å². The number of nitriles is 1. The fourth-order valence-electron chi connectivity index (χ4n) is 2.21. The first-order valence-corrected chi connectivity index (χ1v) is 7.93. The second-order valence-corrected chi connectivity index (χ2v) is 5.86. The van der Waals surface area contributed by atoms with Crippen molar-refractivity contribution in [3.05, 3.63) is 59.7 Å². The van der Waals surface area contributed by atoms with Gasteiger partial charge in [0.15, 0.2) is 18.1 Å². The Morgan fingerprint density at radius 3 is 2.78 bits per heavy atom. The summed E-state index contributed by atoms with van der Waals surface area (Å²) in [7, 11) is 1.58. The van der Waals surface area contributed by atoms with Crippen LogP contribution < -0.4 is 14.9 Å². The van der Waals surface area contributed by atoms with Crippen LogP contribution in [-0.2, 0) is 0 Å². The second kappa shape index (κ2) is 7.07. The summed E-state index contributed by atoms with van der Waals surface area (Å²) in [5.74, 6) is 1.17. The van der Waals surface area contributed by atoms with Gasteiger partial charge in [-0.1, -0.05) is 48.2 Å². The highest BCUT2D eigenvalue weighted by molar-refractivity contribution is 8.14. The molecule has 5 nitrogen and oxygen atoms in total. The van der Waals surface area contributed by atoms with Crippen molar-refractivity contribution in [2.45, 2.75) is 5.37 Å². The zero-order valence-corrected chi connectivity index (χ0v) is 13.3. The van der Waals surface area contributed by atoms with Crippen LogP contribution in [0.4, 0.5) is 0 Å². The average Bonchev–Trinajstić information content (AvgIpc) is 3.10. The van der Waals surface area contributed by atoms with E-state index in [0.29, 0.717) is 11.5 Å². The summed E-state index contributed by atoms with van der Waals surface area (Å²) in [6.45, 7) is -0.00655. The molecule has 1 aliphatic rings. The normalized spacial score (nSPS) is 16.2. The highest BCUT2D eigenvalue weighted by atomic mass is 32.2. The SMILES string of the molecule is COc1cc([C@@H]2NN=C(c3ccccc3)S2)ccc1OCC#N. The Labute approximate surface area is 138 Å². The molecule has 0 spiro atoms. The van der Waals surface area contributed by atoms with Crippen molar-refractivity contribution in [1.29, 1.82) is 5.26 Å². The van der Waals surface area contributed by atoms with E-state index in [1.165, 1.54) is 0 Å². The van der Waals surface area contributed by atoms with E-state index >= 15 is 0 Å². The Bertz CT molecular complexity index is 756. The zero-order valence-electron chi connectivity index (χ0n) is 12.5. The summed E-state index contributed by atoms with van der Waals surface area (Å²) in [5, 5.41) is 14.0. The molecule has 116 valence electrons. The lowest BCUT2D eigenvalue weighted by Crippen LogP contribution is -2.07. The van der Waals surface area contributed by atoms with Crippen molar-refractivity contribution in [1.82, 2.24) is 5.43 Å². The van der Waals surface area contributed by atoms with E-state index in [1.54, 1.807) is 18.9 Å². The van der Waals surface area contributed by atoms with E-state index in [2.05, 4.69) is 10.5 Å². The molecule has 1 aliphatic heterocycles. The molecule has 0 bridgehead atoms. The molecule has 0 unspecified atom stereocenters. The van der Waals surface area contributed by atoms with Crippen LogP contribution in [-0.4, -0.2) is 18.8 Å². The molecule has 1 N–H and O–H groups in total. The first kappa shape index (κ1) is 15.3. The lowest BCUT2D eigenvalue weighted by atomic mass is 10.2. The predicted octanol–water partition coefficient (Wildman–Crippen LogP) is 3.29. The molecule has 2 aromatic carbocycles. The van der Waals surface area contributed by atoms with Crippen LogP contribution in [0.25, 0.3) is 0 Å². The minimum Gasteiger partial charge on any atom is -0.493 e. The second-order valence-electron chi connectivity index (χ2n) is 4.77. The Kier molecular flexibility index (Phi) is 4.69. The number of hydrogen-bond donors (Lipinski definition) is 1. The monoisotopic (exact) mass is 325 g/mol. The van der Waals surface area contributed by atoms with Crippen molar-refractivity contribution >= 4 is 16.8 Å². The Morgan fingerprint density at radius 2 is 2.04 bits per heavy atom. The van der Waals surface area contributed by atoms with Crippen molar-refractivity contribution in [2.75, 3.05) is 13.7 Å². The maximum absolute atomic E-state index is 8.61. The summed E-state index contributed by atoms with van der Waals surface area (Å²) >= 11 is 1.65. The molecule has 6 heteroatoms. The number of hydrazone groups is 1. The number of methoxy groups -OCH3 is 1. The van der Waals surface area contributed by atoms with Gasteiger partial charge in [-0.2, -0.15) is 10.4 Å². The lowest BCUT2D eigenvalue weighted by molar-refractivity contribution is 0.329. The molecule has 0 aromatic heterocycles. The molecular formula is C17H15N3O2S. The highest BCUT2D eigenvalue weighted by Crippen LogP contribution is 2.38. The van der Waals surface area contributed by atoms with E-state index in [9.17, 15) is 0 Å². The molecule has 1 atom stereocenters. The number of ether oxygens (including phenoxy) is 2. The molecule has 3 rings (SSSR count). The standard InChI is InChI=1S/C17H15N3O2S/c1-21-15-11-13(7-8-14(15)22-10-9-18)17-20-19-16(23-17)12-5-3-2-4-6-12/h2-8,11,17,20H,10H2,1H3/t17-/m1/s1. The van der Waals surface area contributed by atoms with Crippen LogP contribution in [0.15, 0.2) is 53.6 Å². The molecule has 0 amide bonds. The van der Waals surface area contributed by atoms with Crippen molar-refractivity contribution < 1.29 is 9.47 Å². The molecule has 0 radical (unpaired) electrons. The summed E-state index contributed by atoms with van der Waals surface area (Å²) < 4.78 is 10.7. The average molecular weight is 325 g/mol. The fraction of sp³-hybridized carbons (Fsp3) is 0.176. The van der Waals surface area contributed by atoms with E-state index in [0.717, 1.165) is 16.2 Å². The maximum atomic E-state index is 8.61. The number of hydrogen-bond acceptors (Lipinski definition) is 6. The van der Waals surface area contributed by atoms with Crippen molar-refractivity contribution in [2.24, 2.45) is 5.10 Å². The third-order valence-electron chi connectivity index (χ3n) is 3.32. The van der Waals surface area contributed by atoms with Crippen LogP contribution in [0.3, 0.4) is 0 Å². The van der Waals surface area contributed by atoms with Gasteiger partial charge in [0, 0.05) is 5.56 Å². The number of thioether (sulfide) groups is 1. The quantitative estimate of drug-likeness (QED) is 0.913. The molecule has 1 heterocycles. The maximum Gasteiger partial charge on any atom is 0.174 e. The van der Waals surface area contributed by atoms with E-state index in [4.69, 9.17) is 14.7 Å². The summed E-state index contributed by atoms with van der Waals surface area (Å²) in [4.78, 5) is 0. The predicted molar refractivity (Wildman–Crippen MR) is 90.5 cm³/mol. The van der Waals surface area contributed by atoms with Gasteiger partial charge in [0.2, 0.25) is 0 Å². The van der Waals surface area contributed by atoms with E-state index in [1.807, 2.05) is 54.6 Å². The minimum absolute atomic E-state index is 0.00655. The molecule has 0 fully saturated rings. The molecular weight excluding hydrogens is 310 g/mol. The van der Waals surface area contributed by atoms with Gasteiger partial charge in [0.1, 0.15) is 16.5 Å². The first-order valence-electron chi connectivity index (χ1n) is 7.05. The summed E-state index contributed by atoms with van der Waals surface area (Å²) in [5.41, 5.74) is 5.26. The minimum atomic E-state index is -0.00655. The van der Waals surface area contributed by atoms with Gasteiger partial charge in [-0.25, -0.2) is 0 Å². The topological polar surface area (TPSA) is 66.6 Å². The number of nitrogens with one attached hydrogen (secondary N) is 1. The van der Waals surface area contributed by atoms with Gasteiger partial charge in [-0.3, -0.25) is 5.43 Å². The van der Waals surface area contributed by atoms with Gasteiger partial charge < -0.3 is 9.47 Å². The Morgan fingerprint density at radius 1 is 1.22 bits per heavy atom. The Hall–Kier alpha value is -2.65. The third-order valence-corrected chi connectivity index (χ3v) is 4.48. The largest absolute Gasteiger partial charge is 0.493 e. The van der Waals surface area contributed by atoms with Crippen LogP contribution in [0, 0.1) is 11.3 Å². The van der Waals surface area contributed by atoms with E-state index < -0.39 is 0 Å². The number of rotatable bonds is 5. The van der Waals surface area contributed by atoms with Crippen molar-refractivity contribution in [3.63, 3.8) is 0 Å². The van der Waals surface area contributed by atoms with Gasteiger partial charge >= 0.3 is 0 Å². The van der Waals surface area contributed by atoms with Crippen LogP contribution >= 0.6 is 11.8 Å². The van der Waals surface area contributed by atoms with Gasteiger partial charge in [-0.15, -0.1) is 0 Å².